The number of ether oxygens (including phenoxy) is 1. The number of para-hydroxylation sites is 1. The Hall–Kier alpha value is -2.48. The van der Waals surface area contributed by atoms with Crippen LogP contribution < -0.4 is 5.32 Å². The molecule has 2 aromatic rings. The van der Waals surface area contributed by atoms with Crippen LogP contribution in [0, 0.1) is 0 Å². The smallest absolute Gasteiger partial charge is 0.305 e. The molecule has 2 N–H and O–H groups in total. The maximum Gasteiger partial charge on any atom is 0.305 e. The van der Waals surface area contributed by atoms with Crippen molar-refractivity contribution in [2.24, 2.45) is 10.2 Å². The number of aromatic nitrogens is 1. The van der Waals surface area contributed by atoms with Crippen molar-refractivity contribution >= 4 is 39.9 Å². The lowest BCUT2D eigenvalue weighted by Gasteiger charge is -2.10. The van der Waals surface area contributed by atoms with Crippen LogP contribution in [0.15, 0.2) is 34.5 Å². The lowest BCUT2D eigenvalue weighted by molar-refractivity contribution is -0.140. The van der Waals surface area contributed by atoms with Gasteiger partial charge in [0, 0.05) is 24.4 Å². The third-order valence-corrected chi connectivity index (χ3v) is 4.40. The average Bonchev–Trinajstić information content (AvgIpc) is 2.94. The van der Waals surface area contributed by atoms with Crippen LogP contribution in [0.5, 0.6) is 5.88 Å². The van der Waals surface area contributed by atoms with Gasteiger partial charge in [-0.2, -0.15) is 0 Å². The SMILES string of the molecule is COC(=O)CCCCCNC(=S)N=Nc1c(O)n(C(C)C)c2ccccc12. The minimum Gasteiger partial charge on any atom is -0.493 e. The Kier molecular flexibility index (Phi) is 7.72. The highest BCUT2D eigenvalue weighted by atomic mass is 32.1. The maximum atomic E-state index is 11.0. The molecule has 0 atom stereocenters. The highest BCUT2D eigenvalue weighted by Crippen LogP contribution is 2.40. The molecule has 0 unspecified atom stereocenters. The van der Waals surface area contributed by atoms with Crippen LogP contribution in [0.4, 0.5) is 5.69 Å². The molecule has 27 heavy (non-hydrogen) atoms. The highest BCUT2D eigenvalue weighted by Gasteiger charge is 2.18. The number of hydrogen-bond acceptors (Lipinski definition) is 5. The van der Waals surface area contributed by atoms with E-state index in [4.69, 9.17) is 12.2 Å². The first-order valence-corrected chi connectivity index (χ1v) is 9.44. The Morgan fingerprint density at radius 2 is 2.04 bits per heavy atom. The number of aromatic hydroxyl groups is 1. The Labute approximate surface area is 164 Å². The zero-order valence-corrected chi connectivity index (χ0v) is 16.8. The van der Waals surface area contributed by atoms with Crippen molar-refractivity contribution in [2.45, 2.75) is 45.6 Å². The quantitative estimate of drug-likeness (QED) is 0.297. The fourth-order valence-corrected chi connectivity index (χ4v) is 3.00. The Balaban J connectivity index is 1.93. The number of unbranched alkanes of at least 4 members (excludes halogenated alkanes) is 2. The molecule has 0 amide bonds. The summed E-state index contributed by atoms with van der Waals surface area (Å²) in [6, 6.07) is 7.76. The van der Waals surface area contributed by atoms with E-state index in [2.05, 4.69) is 20.3 Å². The zero-order valence-electron chi connectivity index (χ0n) is 15.9. The third-order valence-electron chi connectivity index (χ3n) is 4.18. The standard InChI is InChI=1S/C19H26N4O3S/c1-13(2)23-15-10-7-6-9-14(15)17(18(23)25)21-22-19(27)20-12-8-4-5-11-16(24)26-3/h6-7,9-10,13,25H,4-5,8,11-12H2,1-3H3,(H,20,27). The van der Waals surface area contributed by atoms with E-state index in [-0.39, 0.29) is 23.0 Å². The first kappa shape index (κ1) is 20.8. The van der Waals surface area contributed by atoms with E-state index < -0.39 is 0 Å². The topological polar surface area (TPSA) is 88.2 Å². The van der Waals surface area contributed by atoms with E-state index in [1.165, 1.54) is 7.11 Å². The molecule has 0 saturated heterocycles. The van der Waals surface area contributed by atoms with Gasteiger partial charge >= 0.3 is 5.97 Å². The van der Waals surface area contributed by atoms with E-state index in [0.29, 0.717) is 18.7 Å². The predicted molar refractivity (Wildman–Crippen MR) is 110 cm³/mol. The van der Waals surface area contributed by atoms with Gasteiger partial charge in [-0.1, -0.05) is 24.6 Å². The number of methoxy groups -OCH3 is 1. The summed E-state index contributed by atoms with van der Waals surface area (Å²) < 4.78 is 6.42. The van der Waals surface area contributed by atoms with Gasteiger partial charge in [0.25, 0.3) is 0 Å². The fourth-order valence-electron chi connectivity index (χ4n) is 2.85. The maximum absolute atomic E-state index is 11.0. The second-order valence-electron chi connectivity index (χ2n) is 6.47. The number of carbonyl (C=O) groups excluding carboxylic acids is 1. The van der Waals surface area contributed by atoms with Crippen molar-refractivity contribution in [2.75, 3.05) is 13.7 Å². The molecular formula is C19H26N4O3S. The van der Waals surface area contributed by atoms with Crippen molar-refractivity contribution in [1.82, 2.24) is 9.88 Å². The van der Waals surface area contributed by atoms with E-state index >= 15 is 0 Å². The Morgan fingerprint density at radius 1 is 1.30 bits per heavy atom. The van der Waals surface area contributed by atoms with Crippen molar-refractivity contribution in [3.8, 4) is 5.88 Å². The summed E-state index contributed by atoms with van der Waals surface area (Å²) in [4.78, 5) is 11.0. The van der Waals surface area contributed by atoms with Gasteiger partial charge < -0.3 is 19.7 Å². The second-order valence-corrected chi connectivity index (χ2v) is 6.86. The summed E-state index contributed by atoms with van der Waals surface area (Å²) >= 11 is 5.18. The van der Waals surface area contributed by atoms with Crippen LogP contribution in [-0.4, -0.2) is 34.4 Å². The van der Waals surface area contributed by atoms with Crippen molar-refractivity contribution in [3.63, 3.8) is 0 Å². The van der Waals surface area contributed by atoms with Gasteiger partial charge in [0.15, 0.2) is 5.69 Å². The molecule has 0 saturated carbocycles. The first-order chi connectivity index (χ1) is 13.0. The van der Waals surface area contributed by atoms with Crippen LogP contribution in [0.25, 0.3) is 10.9 Å². The first-order valence-electron chi connectivity index (χ1n) is 9.04. The minimum atomic E-state index is -0.187. The molecule has 0 aliphatic heterocycles. The summed E-state index contributed by atoms with van der Waals surface area (Å²) in [6.07, 6.45) is 2.97. The largest absolute Gasteiger partial charge is 0.493 e. The van der Waals surface area contributed by atoms with Crippen molar-refractivity contribution in [3.05, 3.63) is 24.3 Å². The van der Waals surface area contributed by atoms with Crippen LogP contribution >= 0.6 is 12.2 Å². The van der Waals surface area contributed by atoms with E-state index in [1.54, 1.807) is 0 Å². The summed E-state index contributed by atoms with van der Waals surface area (Å²) in [6.45, 7) is 4.65. The number of rotatable bonds is 8. The molecule has 0 spiro atoms. The van der Waals surface area contributed by atoms with Gasteiger partial charge in [-0.25, -0.2) is 0 Å². The van der Waals surface area contributed by atoms with Crippen LogP contribution in [0.1, 0.15) is 45.6 Å². The van der Waals surface area contributed by atoms with E-state index in [0.717, 1.165) is 30.2 Å². The summed E-state index contributed by atoms with van der Waals surface area (Å²) in [7, 11) is 1.39. The Morgan fingerprint density at radius 3 is 2.74 bits per heavy atom. The molecule has 0 radical (unpaired) electrons. The number of esters is 1. The van der Waals surface area contributed by atoms with Gasteiger partial charge in [-0.05, 0) is 45.0 Å². The molecule has 7 nitrogen and oxygen atoms in total. The summed E-state index contributed by atoms with van der Waals surface area (Å²) in [5, 5.41) is 22.9. The average molecular weight is 391 g/mol. The van der Waals surface area contributed by atoms with Gasteiger partial charge in [0.05, 0.1) is 12.6 Å². The number of benzene rings is 1. The predicted octanol–water partition coefficient (Wildman–Crippen LogP) is 4.62. The van der Waals surface area contributed by atoms with Gasteiger partial charge in [-0.3, -0.25) is 4.79 Å². The lowest BCUT2D eigenvalue weighted by Crippen LogP contribution is -2.20. The zero-order chi connectivity index (χ0) is 19.8. The number of nitrogens with one attached hydrogen (secondary N) is 1. The molecule has 0 bridgehead atoms. The molecular weight excluding hydrogens is 364 g/mol. The third kappa shape index (κ3) is 5.50. The normalized spacial score (nSPS) is 11.4. The molecule has 0 fully saturated rings. The van der Waals surface area contributed by atoms with Gasteiger partial charge in [-0.15, -0.1) is 10.2 Å². The van der Waals surface area contributed by atoms with Crippen LogP contribution in [0.2, 0.25) is 0 Å². The molecule has 146 valence electrons. The van der Waals surface area contributed by atoms with Gasteiger partial charge in [0.1, 0.15) is 0 Å². The molecule has 2 rings (SSSR count). The second kappa shape index (κ2) is 10.0. The molecule has 0 aliphatic rings. The van der Waals surface area contributed by atoms with Crippen molar-refractivity contribution in [1.29, 1.82) is 0 Å². The molecule has 0 aliphatic carbocycles. The Bertz CT molecular complexity index is 830. The molecule has 8 heteroatoms. The van der Waals surface area contributed by atoms with Crippen LogP contribution in [-0.2, 0) is 9.53 Å². The number of nitrogens with zero attached hydrogens (tertiary/aromatic N) is 3. The number of fused-ring (bicyclic) bond motifs is 1. The summed E-state index contributed by atoms with van der Waals surface area (Å²) in [5.74, 6) is -0.104. The highest BCUT2D eigenvalue weighted by molar-refractivity contribution is 7.80. The molecule has 1 aromatic carbocycles. The number of hydrogen-bond donors (Lipinski definition) is 2. The van der Waals surface area contributed by atoms with Crippen molar-refractivity contribution < 1.29 is 14.6 Å². The van der Waals surface area contributed by atoms with E-state index in [9.17, 15) is 9.90 Å². The van der Waals surface area contributed by atoms with E-state index in [1.807, 2.05) is 42.7 Å². The monoisotopic (exact) mass is 390 g/mol. The van der Waals surface area contributed by atoms with Crippen LogP contribution in [0.3, 0.4) is 0 Å². The van der Waals surface area contributed by atoms with Gasteiger partial charge in [0.2, 0.25) is 11.0 Å². The summed E-state index contributed by atoms with van der Waals surface area (Å²) in [5.41, 5.74) is 1.32. The number of thiocarbonyl (C=S) groups is 1. The number of carbonyl (C=O) groups is 1. The molecule has 1 heterocycles. The fraction of sp³-hybridized carbons (Fsp3) is 0.474. The molecule has 1 aromatic heterocycles. The number of azo groups is 1. The minimum absolute atomic E-state index is 0.0839. The lowest BCUT2D eigenvalue weighted by atomic mass is 10.2.